The Morgan fingerprint density at radius 3 is 2.30 bits per heavy atom. The molecule has 0 spiro atoms. The molecule has 2 aromatic rings. The molecular formula is C18H17N3O6. The van der Waals surface area contributed by atoms with Crippen molar-refractivity contribution in [2.75, 3.05) is 17.2 Å². The van der Waals surface area contributed by atoms with E-state index in [1.54, 1.807) is 6.92 Å². The van der Waals surface area contributed by atoms with Crippen molar-refractivity contribution < 1.29 is 24.0 Å². The first-order valence-corrected chi connectivity index (χ1v) is 7.86. The summed E-state index contributed by atoms with van der Waals surface area (Å²) in [7, 11) is 0. The Hall–Kier alpha value is -3.75. The van der Waals surface area contributed by atoms with Gasteiger partial charge in [-0.05, 0) is 42.8 Å². The molecule has 140 valence electrons. The predicted octanol–water partition coefficient (Wildman–Crippen LogP) is 2.66. The van der Waals surface area contributed by atoms with Gasteiger partial charge in [-0.15, -0.1) is 0 Å². The fraction of sp³-hybridized carbons (Fsp3) is 0.167. The molecule has 0 fully saturated rings. The molecule has 2 amide bonds. The summed E-state index contributed by atoms with van der Waals surface area (Å²) in [5, 5.41) is 15.8. The van der Waals surface area contributed by atoms with Crippen LogP contribution in [0.4, 0.5) is 17.1 Å². The van der Waals surface area contributed by atoms with Crippen LogP contribution in [0, 0.1) is 17.0 Å². The Morgan fingerprint density at radius 2 is 1.74 bits per heavy atom. The van der Waals surface area contributed by atoms with Crippen LogP contribution in [0.5, 0.6) is 0 Å². The highest BCUT2D eigenvalue weighted by Crippen LogP contribution is 2.21. The zero-order chi connectivity index (χ0) is 20.0. The van der Waals surface area contributed by atoms with Gasteiger partial charge in [0.1, 0.15) is 0 Å². The van der Waals surface area contributed by atoms with Crippen LogP contribution in [0.2, 0.25) is 0 Å². The summed E-state index contributed by atoms with van der Waals surface area (Å²) in [5.74, 6) is -1.50. The van der Waals surface area contributed by atoms with E-state index in [4.69, 9.17) is 4.74 Å². The molecule has 0 saturated heterocycles. The Balaban J connectivity index is 1.90. The summed E-state index contributed by atoms with van der Waals surface area (Å²) in [5.41, 5.74) is 1.58. The van der Waals surface area contributed by atoms with Crippen LogP contribution in [-0.2, 0) is 14.3 Å². The number of hydrogen-bond donors (Lipinski definition) is 2. The number of benzene rings is 2. The number of aryl methyl sites for hydroxylation is 1. The highest BCUT2D eigenvalue weighted by molar-refractivity contribution is 5.96. The molecule has 0 bridgehead atoms. The van der Waals surface area contributed by atoms with E-state index < -0.39 is 23.4 Å². The summed E-state index contributed by atoms with van der Waals surface area (Å²) in [6.45, 7) is 2.47. The minimum absolute atomic E-state index is 0.0837. The number of nitro benzene ring substituents is 1. The number of hydrogen-bond acceptors (Lipinski definition) is 6. The Kier molecular flexibility index (Phi) is 6.21. The van der Waals surface area contributed by atoms with Crippen LogP contribution >= 0.6 is 0 Å². The minimum Gasteiger partial charge on any atom is -0.452 e. The van der Waals surface area contributed by atoms with Crippen LogP contribution in [0.25, 0.3) is 0 Å². The average Bonchev–Trinajstić information content (AvgIpc) is 2.61. The number of carbonyl (C=O) groups is 3. The second kappa shape index (κ2) is 8.56. The molecule has 0 unspecified atom stereocenters. The topological polar surface area (TPSA) is 128 Å². The number of ether oxygens (including phenoxy) is 1. The van der Waals surface area contributed by atoms with E-state index in [1.807, 2.05) is 0 Å². The number of carbonyl (C=O) groups excluding carboxylic acids is 3. The van der Waals surface area contributed by atoms with Gasteiger partial charge in [-0.2, -0.15) is 0 Å². The maximum atomic E-state index is 12.0. The molecule has 0 aliphatic carbocycles. The van der Waals surface area contributed by atoms with Crippen molar-refractivity contribution in [3.05, 3.63) is 63.7 Å². The Morgan fingerprint density at radius 1 is 1.07 bits per heavy atom. The van der Waals surface area contributed by atoms with Gasteiger partial charge in [0.2, 0.25) is 5.91 Å². The van der Waals surface area contributed by atoms with Crippen molar-refractivity contribution in [2.45, 2.75) is 13.8 Å². The van der Waals surface area contributed by atoms with Crippen LogP contribution < -0.4 is 10.6 Å². The van der Waals surface area contributed by atoms with Gasteiger partial charge < -0.3 is 15.4 Å². The lowest BCUT2D eigenvalue weighted by atomic mass is 10.2. The largest absolute Gasteiger partial charge is 0.452 e. The SMILES string of the molecule is CC(=O)Nc1ccc(C(=O)OCC(=O)Nc2ccc([N+](=O)[O-])cc2C)cc1. The van der Waals surface area contributed by atoms with Crippen LogP contribution in [0.1, 0.15) is 22.8 Å². The molecule has 0 atom stereocenters. The number of non-ortho nitro benzene ring substituents is 1. The number of anilines is 2. The standard InChI is InChI=1S/C18H17N3O6/c1-11-9-15(21(25)26)7-8-16(11)20-17(23)10-27-18(24)13-3-5-14(6-4-13)19-12(2)22/h3-9H,10H2,1-2H3,(H,19,22)(H,20,23). The van der Waals surface area contributed by atoms with Crippen molar-refractivity contribution in [1.82, 2.24) is 0 Å². The van der Waals surface area contributed by atoms with Crippen LogP contribution in [0.3, 0.4) is 0 Å². The zero-order valence-electron chi connectivity index (χ0n) is 14.6. The highest BCUT2D eigenvalue weighted by atomic mass is 16.6. The zero-order valence-corrected chi connectivity index (χ0v) is 14.6. The summed E-state index contributed by atoms with van der Waals surface area (Å²) in [6.07, 6.45) is 0. The number of rotatable bonds is 6. The number of nitrogens with one attached hydrogen (secondary N) is 2. The first-order chi connectivity index (χ1) is 12.8. The maximum absolute atomic E-state index is 12.0. The summed E-state index contributed by atoms with van der Waals surface area (Å²) in [6, 6.07) is 10.0. The van der Waals surface area contributed by atoms with Gasteiger partial charge in [-0.25, -0.2) is 4.79 Å². The molecule has 27 heavy (non-hydrogen) atoms. The third-order valence-corrected chi connectivity index (χ3v) is 3.47. The fourth-order valence-electron chi connectivity index (χ4n) is 2.20. The molecule has 2 aromatic carbocycles. The molecule has 0 aliphatic heterocycles. The maximum Gasteiger partial charge on any atom is 0.338 e. The van der Waals surface area contributed by atoms with Crippen molar-refractivity contribution >= 4 is 34.8 Å². The molecule has 0 aliphatic rings. The quantitative estimate of drug-likeness (QED) is 0.456. The summed E-state index contributed by atoms with van der Waals surface area (Å²) in [4.78, 5) is 45.0. The molecule has 2 rings (SSSR count). The van der Waals surface area contributed by atoms with Crippen LogP contribution in [-0.4, -0.2) is 29.3 Å². The monoisotopic (exact) mass is 371 g/mol. The van der Waals surface area contributed by atoms with E-state index in [1.165, 1.54) is 49.4 Å². The van der Waals surface area contributed by atoms with Gasteiger partial charge in [0, 0.05) is 30.4 Å². The molecule has 0 aromatic heterocycles. The van der Waals surface area contributed by atoms with Gasteiger partial charge in [0.25, 0.3) is 11.6 Å². The molecular weight excluding hydrogens is 354 g/mol. The number of nitrogens with zero attached hydrogens (tertiary/aromatic N) is 1. The van der Waals surface area contributed by atoms with Gasteiger partial charge in [0.05, 0.1) is 10.5 Å². The van der Waals surface area contributed by atoms with Crippen molar-refractivity contribution in [3.63, 3.8) is 0 Å². The van der Waals surface area contributed by atoms with E-state index >= 15 is 0 Å². The third-order valence-electron chi connectivity index (χ3n) is 3.47. The molecule has 9 nitrogen and oxygen atoms in total. The Bertz CT molecular complexity index is 892. The summed E-state index contributed by atoms with van der Waals surface area (Å²) < 4.78 is 4.94. The first kappa shape index (κ1) is 19.6. The normalized spacial score (nSPS) is 10.0. The second-order valence-electron chi connectivity index (χ2n) is 5.64. The van der Waals surface area contributed by atoms with Gasteiger partial charge in [0.15, 0.2) is 6.61 Å². The number of nitro groups is 1. The minimum atomic E-state index is -0.694. The van der Waals surface area contributed by atoms with Crippen molar-refractivity contribution in [1.29, 1.82) is 0 Å². The lowest BCUT2D eigenvalue weighted by Crippen LogP contribution is -2.21. The molecule has 0 heterocycles. The average molecular weight is 371 g/mol. The van der Waals surface area contributed by atoms with E-state index in [2.05, 4.69) is 10.6 Å². The number of esters is 1. The van der Waals surface area contributed by atoms with Gasteiger partial charge in [-0.1, -0.05) is 0 Å². The second-order valence-corrected chi connectivity index (χ2v) is 5.64. The molecule has 9 heteroatoms. The van der Waals surface area contributed by atoms with Crippen molar-refractivity contribution in [3.8, 4) is 0 Å². The third kappa shape index (κ3) is 5.63. The number of amides is 2. The van der Waals surface area contributed by atoms with E-state index in [0.717, 1.165) is 0 Å². The van der Waals surface area contributed by atoms with E-state index in [0.29, 0.717) is 16.9 Å². The van der Waals surface area contributed by atoms with E-state index in [9.17, 15) is 24.5 Å². The molecule has 0 radical (unpaired) electrons. The van der Waals surface area contributed by atoms with Gasteiger partial charge in [-0.3, -0.25) is 19.7 Å². The molecule has 2 N–H and O–H groups in total. The summed E-state index contributed by atoms with van der Waals surface area (Å²) >= 11 is 0. The Labute approximate surface area is 154 Å². The van der Waals surface area contributed by atoms with Crippen molar-refractivity contribution in [2.24, 2.45) is 0 Å². The smallest absolute Gasteiger partial charge is 0.338 e. The predicted molar refractivity (Wildman–Crippen MR) is 97.5 cm³/mol. The molecule has 0 saturated carbocycles. The van der Waals surface area contributed by atoms with Crippen LogP contribution in [0.15, 0.2) is 42.5 Å². The fourth-order valence-corrected chi connectivity index (χ4v) is 2.20. The van der Waals surface area contributed by atoms with E-state index in [-0.39, 0.29) is 17.2 Å². The highest BCUT2D eigenvalue weighted by Gasteiger charge is 2.13. The first-order valence-electron chi connectivity index (χ1n) is 7.86. The van der Waals surface area contributed by atoms with Gasteiger partial charge >= 0.3 is 5.97 Å². The lowest BCUT2D eigenvalue weighted by molar-refractivity contribution is -0.384. The lowest BCUT2D eigenvalue weighted by Gasteiger charge is -2.09.